The zero-order chi connectivity index (χ0) is 31.6. The molecule has 9 rings (SSSR count). The van der Waals surface area contributed by atoms with Crippen LogP contribution in [0.4, 0.5) is 0 Å². The summed E-state index contributed by atoms with van der Waals surface area (Å²) in [7, 11) is 0. The Balaban J connectivity index is 1.49. The van der Waals surface area contributed by atoms with E-state index in [1.54, 1.807) is 0 Å². The lowest BCUT2D eigenvalue weighted by Crippen LogP contribution is -2.44. The molecule has 0 N–H and O–H groups in total. The summed E-state index contributed by atoms with van der Waals surface area (Å²) < 4.78 is 19.1. The molecule has 0 radical (unpaired) electrons. The van der Waals surface area contributed by atoms with E-state index in [1.165, 1.54) is 16.4 Å². The summed E-state index contributed by atoms with van der Waals surface area (Å²) in [5.74, 6) is 3.40. The van der Waals surface area contributed by atoms with Crippen molar-refractivity contribution in [2.24, 2.45) is 0 Å². The van der Waals surface area contributed by atoms with Crippen LogP contribution in [0.1, 0.15) is 36.2 Å². The Morgan fingerprint density at radius 1 is 0.745 bits per heavy atom. The highest BCUT2D eigenvalue weighted by Gasteiger charge is 2.43. The minimum atomic E-state index is -0.0638. The third kappa shape index (κ3) is 3.96. The number of fused-ring (bicyclic) bond motifs is 9. The maximum atomic E-state index is 7.33. The fraction of sp³-hybridized carbons (Fsp3) is 0.0952. The van der Waals surface area contributed by atoms with Gasteiger partial charge in [-0.05, 0) is 95.0 Å². The molecule has 0 spiro atoms. The standard InChI is InChI=1S/C42H33BN2O2/c1-4-16-35-30(6-3)38-41(44(35)28-18-9-7-10-19-28)46-37-25-33-27(5-2)17-15-23-31(33)40-34(37)26-43(38)39-32-22-13-14-24-36(32)45(42(39)47-40)29-20-11-8-12-21-29/h4,6-25H,3,5,26H2,1-2H3/b16-4-. The van der Waals surface area contributed by atoms with E-state index in [2.05, 4.69) is 151 Å². The zero-order valence-corrected chi connectivity index (χ0v) is 26.5. The topological polar surface area (TPSA) is 28.3 Å². The molecule has 0 fully saturated rings. The van der Waals surface area contributed by atoms with E-state index in [4.69, 9.17) is 9.47 Å². The second-order valence-electron chi connectivity index (χ2n) is 12.3. The second-order valence-corrected chi connectivity index (χ2v) is 12.3. The average Bonchev–Trinajstić information content (AvgIpc) is 3.46. The van der Waals surface area contributed by atoms with Crippen LogP contribution in [0.15, 0.2) is 122 Å². The number of allylic oxidation sites excluding steroid dienone is 1. The monoisotopic (exact) mass is 608 g/mol. The van der Waals surface area contributed by atoms with Crippen molar-refractivity contribution in [3.8, 4) is 34.6 Å². The van der Waals surface area contributed by atoms with Crippen LogP contribution in [0.25, 0.3) is 45.2 Å². The fourth-order valence-corrected chi connectivity index (χ4v) is 7.86. The molecule has 2 aromatic heterocycles. The van der Waals surface area contributed by atoms with E-state index in [9.17, 15) is 0 Å². The number of nitrogens with zero attached hydrogens (tertiary/aromatic N) is 2. The predicted molar refractivity (Wildman–Crippen MR) is 196 cm³/mol. The van der Waals surface area contributed by atoms with Crippen LogP contribution in [0.5, 0.6) is 23.3 Å². The zero-order valence-electron chi connectivity index (χ0n) is 26.5. The summed E-state index contributed by atoms with van der Waals surface area (Å²) in [5, 5.41) is 3.44. The summed E-state index contributed by atoms with van der Waals surface area (Å²) in [6.07, 6.45) is 7.91. The molecular weight excluding hydrogens is 575 g/mol. The molecule has 4 nitrogen and oxygen atoms in total. The highest BCUT2D eigenvalue weighted by atomic mass is 16.5. The van der Waals surface area contributed by atoms with Crippen molar-refractivity contribution in [2.75, 3.05) is 0 Å². The quantitative estimate of drug-likeness (QED) is 0.182. The molecule has 0 aliphatic carbocycles. The number of aryl methyl sites for hydroxylation is 1. The molecule has 7 aromatic rings. The van der Waals surface area contributed by atoms with Gasteiger partial charge in [0.1, 0.15) is 11.5 Å². The predicted octanol–water partition coefficient (Wildman–Crippen LogP) is 9.42. The molecule has 2 bridgehead atoms. The number of aromatic nitrogens is 2. The van der Waals surface area contributed by atoms with Gasteiger partial charge in [0.15, 0.2) is 0 Å². The Hall–Kier alpha value is -5.68. The van der Waals surface area contributed by atoms with E-state index in [0.29, 0.717) is 0 Å². The minimum absolute atomic E-state index is 0.0638. The van der Waals surface area contributed by atoms with Crippen molar-refractivity contribution in [3.05, 3.63) is 144 Å². The molecule has 5 heteroatoms. The van der Waals surface area contributed by atoms with Gasteiger partial charge in [-0.1, -0.05) is 98.5 Å². The average molecular weight is 609 g/mol. The van der Waals surface area contributed by atoms with E-state index in [1.807, 2.05) is 6.08 Å². The smallest absolute Gasteiger partial charge is 0.229 e. The number of rotatable bonds is 5. The van der Waals surface area contributed by atoms with Crippen LogP contribution in [-0.4, -0.2) is 15.8 Å². The van der Waals surface area contributed by atoms with E-state index >= 15 is 0 Å². The van der Waals surface area contributed by atoms with Crippen LogP contribution in [0.3, 0.4) is 0 Å². The molecular formula is C42H33BN2O2. The fourth-order valence-electron chi connectivity index (χ4n) is 7.86. The van der Waals surface area contributed by atoms with Crippen LogP contribution in [0.2, 0.25) is 0 Å². The molecule has 0 saturated carbocycles. The van der Waals surface area contributed by atoms with Gasteiger partial charge >= 0.3 is 0 Å². The van der Waals surface area contributed by atoms with Crippen LogP contribution >= 0.6 is 0 Å². The highest BCUT2D eigenvalue weighted by Crippen LogP contribution is 2.48. The third-order valence-electron chi connectivity index (χ3n) is 9.85. The van der Waals surface area contributed by atoms with Gasteiger partial charge in [0.25, 0.3) is 0 Å². The van der Waals surface area contributed by atoms with Gasteiger partial charge in [0, 0.05) is 22.3 Å². The van der Waals surface area contributed by atoms with Crippen molar-refractivity contribution in [1.82, 2.24) is 9.13 Å². The minimum Gasteiger partial charge on any atom is -0.441 e. The van der Waals surface area contributed by atoms with Gasteiger partial charge in [-0.3, -0.25) is 9.13 Å². The Kier molecular flexibility index (Phi) is 6.29. The summed E-state index contributed by atoms with van der Waals surface area (Å²) in [5.41, 5.74) is 10.0. The summed E-state index contributed by atoms with van der Waals surface area (Å²) >= 11 is 0. The molecule has 2 aliphatic rings. The largest absolute Gasteiger partial charge is 0.441 e. The molecule has 0 atom stereocenters. The van der Waals surface area contributed by atoms with Crippen molar-refractivity contribution in [3.63, 3.8) is 0 Å². The number of ether oxygens (including phenoxy) is 2. The molecule has 4 heterocycles. The van der Waals surface area contributed by atoms with Gasteiger partial charge in [-0.25, -0.2) is 0 Å². The first kappa shape index (κ1) is 27.6. The van der Waals surface area contributed by atoms with E-state index < -0.39 is 0 Å². The SMILES string of the molecule is C=Cc1c2c(n(-c3ccccc3)c1/C=C\C)Oc1cc3c(CC)cccc3c3c1CB2c1c(n(-c2ccccc2)c2ccccc12)O3. The lowest BCUT2D eigenvalue weighted by Gasteiger charge is -2.20. The summed E-state index contributed by atoms with van der Waals surface area (Å²) in [4.78, 5) is 0. The highest BCUT2D eigenvalue weighted by molar-refractivity contribution is 6.88. The Morgan fingerprint density at radius 2 is 1.43 bits per heavy atom. The molecule has 0 amide bonds. The van der Waals surface area contributed by atoms with Crippen molar-refractivity contribution >= 4 is 51.5 Å². The Labute approximate surface area is 274 Å². The van der Waals surface area contributed by atoms with Gasteiger partial charge < -0.3 is 9.47 Å². The van der Waals surface area contributed by atoms with Gasteiger partial charge in [-0.15, -0.1) is 0 Å². The Bertz CT molecular complexity index is 2400. The van der Waals surface area contributed by atoms with Crippen LogP contribution in [-0.2, 0) is 12.7 Å². The first-order chi connectivity index (χ1) is 23.2. The van der Waals surface area contributed by atoms with Gasteiger partial charge in [-0.2, -0.15) is 0 Å². The van der Waals surface area contributed by atoms with Crippen molar-refractivity contribution in [2.45, 2.75) is 26.6 Å². The third-order valence-corrected chi connectivity index (χ3v) is 9.85. The first-order valence-electron chi connectivity index (χ1n) is 16.4. The molecule has 0 unspecified atom stereocenters. The lowest BCUT2D eigenvalue weighted by atomic mass is 9.37. The first-order valence-corrected chi connectivity index (χ1v) is 16.4. The van der Waals surface area contributed by atoms with Crippen LogP contribution in [0, 0.1) is 0 Å². The number of hydrogen-bond donors (Lipinski definition) is 0. The summed E-state index contributed by atoms with van der Waals surface area (Å²) in [6, 6.07) is 38.6. The summed E-state index contributed by atoms with van der Waals surface area (Å²) in [6.45, 7) is 8.58. The van der Waals surface area contributed by atoms with Gasteiger partial charge in [0.05, 0.1) is 11.2 Å². The molecule has 47 heavy (non-hydrogen) atoms. The molecule has 2 aliphatic heterocycles. The van der Waals surface area contributed by atoms with Crippen molar-refractivity contribution in [1.29, 1.82) is 0 Å². The van der Waals surface area contributed by atoms with Crippen molar-refractivity contribution < 1.29 is 9.47 Å². The number of para-hydroxylation sites is 3. The van der Waals surface area contributed by atoms with E-state index in [0.717, 1.165) is 85.9 Å². The van der Waals surface area contributed by atoms with Crippen LogP contribution < -0.4 is 20.4 Å². The maximum absolute atomic E-state index is 7.33. The molecule has 0 saturated heterocycles. The lowest BCUT2D eigenvalue weighted by molar-refractivity contribution is 0.436. The second kappa shape index (κ2) is 10.7. The number of benzene rings is 5. The maximum Gasteiger partial charge on any atom is 0.229 e. The molecule has 226 valence electrons. The Morgan fingerprint density at radius 3 is 2.15 bits per heavy atom. The molecule has 5 aromatic carbocycles. The normalized spacial score (nSPS) is 13.2. The number of hydrogen-bond acceptors (Lipinski definition) is 2. The van der Waals surface area contributed by atoms with Gasteiger partial charge in [0.2, 0.25) is 18.5 Å². The van der Waals surface area contributed by atoms with E-state index in [-0.39, 0.29) is 6.71 Å².